The van der Waals surface area contributed by atoms with Crippen LogP contribution in [0.3, 0.4) is 0 Å². The molecule has 234 valence electrons. The fraction of sp³-hybridized carbons (Fsp3) is 0. The first kappa shape index (κ1) is 29.4. The minimum absolute atomic E-state index is 0.633. The van der Waals surface area contributed by atoms with Crippen LogP contribution in [0.4, 0.5) is 0 Å². The average Bonchev–Trinajstić information content (AvgIpc) is 3.21. The van der Waals surface area contributed by atoms with Gasteiger partial charge >= 0.3 is 0 Å². The van der Waals surface area contributed by atoms with Gasteiger partial charge in [0, 0.05) is 38.4 Å². The zero-order valence-corrected chi connectivity index (χ0v) is 27.1. The largest absolute Gasteiger partial charge is 0.247 e. The van der Waals surface area contributed by atoms with Gasteiger partial charge in [0.25, 0.3) is 0 Å². The molecule has 0 atom stereocenters. The number of rotatable bonds is 6. The van der Waals surface area contributed by atoms with Gasteiger partial charge in [-0.2, -0.15) is 0 Å². The van der Waals surface area contributed by atoms with E-state index in [1.165, 1.54) is 16.5 Å². The normalized spacial score (nSPS) is 11.2. The summed E-state index contributed by atoms with van der Waals surface area (Å²) in [6, 6.07) is 62.8. The van der Waals surface area contributed by atoms with Crippen LogP contribution < -0.4 is 0 Å². The van der Waals surface area contributed by atoms with E-state index in [4.69, 9.17) is 19.9 Å². The van der Waals surface area contributed by atoms with Crippen LogP contribution in [-0.2, 0) is 0 Å². The molecule has 9 rings (SSSR count). The average molecular weight is 639 g/mol. The first-order valence-corrected chi connectivity index (χ1v) is 16.7. The van der Waals surface area contributed by atoms with Crippen molar-refractivity contribution >= 4 is 21.7 Å². The number of pyridine rings is 1. The molecule has 0 aliphatic carbocycles. The zero-order valence-electron chi connectivity index (χ0n) is 27.1. The lowest BCUT2D eigenvalue weighted by atomic mass is 9.89. The maximum absolute atomic E-state index is 5.31. The van der Waals surface area contributed by atoms with E-state index in [1.54, 1.807) is 0 Å². The molecule has 0 N–H and O–H groups in total. The van der Waals surface area contributed by atoms with Crippen molar-refractivity contribution in [3.8, 4) is 67.7 Å². The van der Waals surface area contributed by atoms with Crippen LogP contribution in [0.1, 0.15) is 0 Å². The third-order valence-electron chi connectivity index (χ3n) is 9.13. The molecule has 0 spiro atoms. The summed E-state index contributed by atoms with van der Waals surface area (Å²) in [6.07, 6.45) is 0. The van der Waals surface area contributed by atoms with Crippen LogP contribution in [0.25, 0.3) is 89.4 Å². The van der Waals surface area contributed by atoms with Gasteiger partial charge in [-0.15, -0.1) is 0 Å². The maximum atomic E-state index is 5.31. The van der Waals surface area contributed by atoms with Crippen LogP contribution in [-0.4, -0.2) is 19.9 Å². The molecular weight excluding hydrogens is 609 g/mol. The summed E-state index contributed by atoms with van der Waals surface area (Å²) in [7, 11) is 0. The Morgan fingerprint density at radius 1 is 0.260 bits per heavy atom. The highest BCUT2D eigenvalue weighted by atomic mass is 15.0. The molecule has 0 aliphatic rings. The van der Waals surface area contributed by atoms with E-state index < -0.39 is 0 Å². The number of benzene rings is 7. The minimum Gasteiger partial charge on any atom is -0.247 e. The molecule has 9 aromatic rings. The predicted molar refractivity (Wildman–Crippen MR) is 205 cm³/mol. The Morgan fingerprint density at radius 3 is 1.20 bits per heavy atom. The topological polar surface area (TPSA) is 51.6 Å². The molecule has 4 nitrogen and oxygen atoms in total. The highest BCUT2D eigenvalue weighted by molar-refractivity contribution is 6.21. The molecule has 7 aromatic carbocycles. The SMILES string of the molecule is c1ccc(-c2nc(-c3ccccc3)nc(-c3ccc(-c4cccc5nc(-c6ccccc6)c6cccc(-c7ccccc7)c6c45)cc3)n2)cc1. The second-order valence-electron chi connectivity index (χ2n) is 12.2. The van der Waals surface area contributed by atoms with Crippen molar-refractivity contribution in [2.24, 2.45) is 0 Å². The van der Waals surface area contributed by atoms with Crippen molar-refractivity contribution in [1.82, 2.24) is 19.9 Å². The lowest BCUT2D eigenvalue weighted by molar-refractivity contribution is 1.07. The van der Waals surface area contributed by atoms with Gasteiger partial charge in [-0.25, -0.2) is 19.9 Å². The van der Waals surface area contributed by atoms with Crippen LogP contribution in [0.5, 0.6) is 0 Å². The Hall–Kier alpha value is -6.78. The molecule has 0 unspecified atom stereocenters. The fourth-order valence-corrected chi connectivity index (χ4v) is 6.75. The van der Waals surface area contributed by atoms with Gasteiger partial charge in [0.05, 0.1) is 11.2 Å². The van der Waals surface area contributed by atoms with Crippen molar-refractivity contribution in [2.45, 2.75) is 0 Å². The van der Waals surface area contributed by atoms with E-state index in [0.717, 1.165) is 55.4 Å². The third-order valence-corrected chi connectivity index (χ3v) is 9.13. The predicted octanol–water partition coefficient (Wildman–Crippen LogP) is 11.6. The van der Waals surface area contributed by atoms with E-state index in [9.17, 15) is 0 Å². The highest BCUT2D eigenvalue weighted by Crippen LogP contribution is 2.42. The third kappa shape index (κ3) is 5.39. The molecule has 2 heterocycles. The number of aromatic nitrogens is 4. The molecular formula is C46H30N4. The Morgan fingerprint density at radius 2 is 0.660 bits per heavy atom. The monoisotopic (exact) mass is 638 g/mol. The van der Waals surface area contributed by atoms with Gasteiger partial charge in [0.1, 0.15) is 0 Å². The summed E-state index contributed by atoms with van der Waals surface area (Å²) < 4.78 is 0. The lowest BCUT2D eigenvalue weighted by Gasteiger charge is -2.17. The highest BCUT2D eigenvalue weighted by Gasteiger charge is 2.18. The number of nitrogens with zero attached hydrogens (tertiary/aromatic N) is 4. The van der Waals surface area contributed by atoms with Gasteiger partial charge in [-0.1, -0.05) is 176 Å². The Bertz CT molecular complexity index is 2550. The lowest BCUT2D eigenvalue weighted by Crippen LogP contribution is -2.00. The number of fused-ring (bicyclic) bond motifs is 3. The van der Waals surface area contributed by atoms with Crippen molar-refractivity contribution in [1.29, 1.82) is 0 Å². The molecule has 0 saturated heterocycles. The van der Waals surface area contributed by atoms with Crippen molar-refractivity contribution in [3.05, 3.63) is 182 Å². The van der Waals surface area contributed by atoms with Crippen molar-refractivity contribution < 1.29 is 0 Å². The van der Waals surface area contributed by atoms with Gasteiger partial charge < -0.3 is 0 Å². The molecule has 4 heteroatoms. The second-order valence-corrected chi connectivity index (χ2v) is 12.2. The summed E-state index contributed by atoms with van der Waals surface area (Å²) in [5.41, 5.74) is 10.4. The zero-order chi connectivity index (χ0) is 33.3. The molecule has 0 fully saturated rings. The molecule has 50 heavy (non-hydrogen) atoms. The summed E-state index contributed by atoms with van der Waals surface area (Å²) >= 11 is 0. The minimum atomic E-state index is 0.633. The van der Waals surface area contributed by atoms with Crippen molar-refractivity contribution in [3.63, 3.8) is 0 Å². The number of hydrogen-bond acceptors (Lipinski definition) is 4. The summed E-state index contributed by atoms with van der Waals surface area (Å²) in [5.74, 6) is 1.92. The quantitative estimate of drug-likeness (QED) is 0.170. The summed E-state index contributed by atoms with van der Waals surface area (Å²) in [4.78, 5) is 20.1. The first-order chi connectivity index (χ1) is 24.8. The Balaban J connectivity index is 1.23. The van der Waals surface area contributed by atoms with Crippen LogP contribution in [0.2, 0.25) is 0 Å². The molecule has 0 radical (unpaired) electrons. The Kier molecular flexibility index (Phi) is 7.45. The van der Waals surface area contributed by atoms with Crippen LogP contribution in [0.15, 0.2) is 182 Å². The van der Waals surface area contributed by atoms with E-state index >= 15 is 0 Å². The van der Waals surface area contributed by atoms with Gasteiger partial charge in [-0.05, 0) is 28.3 Å². The molecule has 2 aromatic heterocycles. The van der Waals surface area contributed by atoms with E-state index in [0.29, 0.717) is 17.5 Å². The molecule has 0 saturated carbocycles. The standard InChI is InChI=1S/C46H30N4/c1-5-15-31(16-6-1)37-23-13-25-39-41(37)42-38(24-14-26-40(42)47-43(39)33-17-7-2-8-18-33)32-27-29-36(30-28-32)46-49-44(34-19-9-3-10-20-34)48-45(50-46)35-21-11-4-12-22-35/h1-30H. The fourth-order valence-electron chi connectivity index (χ4n) is 6.75. The van der Waals surface area contributed by atoms with E-state index in [2.05, 4.69) is 115 Å². The van der Waals surface area contributed by atoms with E-state index in [-0.39, 0.29) is 0 Å². The summed E-state index contributed by atoms with van der Waals surface area (Å²) in [6.45, 7) is 0. The number of hydrogen-bond donors (Lipinski definition) is 0. The Labute approximate surface area is 290 Å². The van der Waals surface area contributed by atoms with Crippen molar-refractivity contribution in [2.75, 3.05) is 0 Å². The van der Waals surface area contributed by atoms with E-state index in [1.807, 2.05) is 66.7 Å². The maximum Gasteiger partial charge on any atom is 0.164 e. The first-order valence-electron chi connectivity index (χ1n) is 16.7. The molecule has 0 amide bonds. The van der Waals surface area contributed by atoms with Gasteiger partial charge in [-0.3, -0.25) is 0 Å². The smallest absolute Gasteiger partial charge is 0.164 e. The van der Waals surface area contributed by atoms with Gasteiger partial charge in [0.2, 0.25) is 0 Å². The molecule has 0 aliphatic heterocycles. The second kappa shape index (κ2) is 12.7. The van der Waals surface area contributed by atoms with Gasteiger partial charge in [0.15, 0.2) is 17.5 Å². The molecule has 0 bridgehead atoms. The summed E-state index contributed by atoms with van der Waals surface area (Å²) in [5, 5.41) is 3.45. The van der Waals surface area contributed by atoms with Crippen LogP contribution >= 0.6 is 0 Å². The van der Waals surface area contributed by atoms with Crippen LogP contribution in [0, 0.1) is 0 Å².